The van der Waals surface area contributed by atoms with Crippen molar-refractivity contribution in [1.29, 1.82) is 0 Å². The molecular weight excluding hydrogens is 329 g/mol. The second-order valence-corrected chi connectivity index (χ2v) is 5.52. The Hall–Kier alpha value is -2.90. The molecule has 1 aromatic heterocycles. The van der Waals surface area contributed by atoms with Gasteiger partial charge in [-0.25, -0.2) is 9.18 Å². The van der Waals surface area contributed by atoms with Gasteiger partial charge in [-0.05, 0) is 44.0 Å². The molecule has 0 spiro atoms. The maximum Gasteiger partial charge on any atom is 0.325 e. The number of nitrogens with one attached hydrogen (secondary N) is 3. The van der Waals surface area contributed by atoms with Crippen LogP contribution in [-0.4, -0.2) is 29.0 Å². The summed E-state index contributed by atoms with van der Waals surface area (Å²) < 4.78 is 18.2. The summed E-state index contributed by atoms with van der Waals surface area (Å²) in [6.45, 7) is 2.45. The molecule has 0 saturated carbocycles. The van der Waals surface area contributed by atoms with Crippen LogP contribution in [0, 0.1) is 12.7 Å². The SMILES string of the molecule is Cc1[nH]c(=O)[nH]c(=O)c1CCC(=O)NCCCOc1ccc(F)cc1. The van der Waals surface area contributed by atoms with Crippen LogP contribution in [0.3, 0.4) is 0 Å². The summed E-state index contributed by atoms with van der Waals surface area (Å²) in [5.41, 5.74) is -0.165. The van der Waals surface area contributed by atoms with Gasteiger partial charge in [0.25, 0.3) is 5.56 Å². The zero-order chi connectivity index (χ0) is 18.2. The van der Waals surface area contributed by atoms with Gasteiger partial charge in [0.2, 0.25) is 5.91 Å². The number of hydrogen-bond donors (Lipinski definition) is 3. The Morgan fingerprint density at radius 2 is 1.92 bits per heavy atom. The number of rotatable bonds is 8. The van der Waals surface area contributed by atoms with Gasteiger partial charge in [0.15, 0.2) is 0 Å². The van der Waals surface area contributed by atoms with E-state index in [0.29, 0.717) is 36.6 Å². The molecule has 25 heavy (non-hydrogen) atoms. The van der Waals surface area contributed by atoms with Crippen LogP contribution in [0.5, 0.6) is 5.75 Å². The van der Waals surface area contributed by atoms with Crippen LogP contribution in [0.2, 0.25) is 0 Å². The van der Waals surface area contributed by atoms with E-state index in [-0.39, 0.29) is 24.6 Å². The van der Waals surface area contributed by atoms with Crippen LogP contribution in [0.15, 0.2) is 33.9 Å². The zero-order valence-electron chi connectivity index (χ0n) is 13.9. The molecule has 1 heterocycles. The molecule has 7 nitrogen and oxygen atoms in total. The molecule has 0 saturated heterocycles. The first kappa shape index (κ1) is 18.4. The van der Waals surface area contributed by atoms with Gasteiger partial charge in [-0.1, -0.05) is 0 Å². The lowest BCUT2D eigenvalue weighted by Gasteiger charge is -2.08. The van der Waals surface area contributed by atoms with Gasteiger partial charge in [-0.3, -0.25) is 14.6 Å². The van der Waals surface area contributed by atoms with Crippen molar-refractivity contribution >= 4 is 5.91 Å². The third kappa shape index (κ3) is 5.91. The van der Waals surface area contributed by atoms with Gasteiger partial charge in [0.05, 0.1) is 6.61 Å². The van der Waals surface area contributed by atoms with Gasteiger partial charge in [0.1, 0.15) is 11.6 Å². The van der Waals surface area contributed by atoms with Crippen molar-refractivity contribution in [3.63, 3.8) is 0 Å². The second kappa shape index (κ2) is 8.81. The van der Waals surface area contributed by atoms with Crippen molar-refractivity contribution in [2.75, 3.05) is 13.2 Å². The van der Waals surface area contributed by atoms with Gasteiger partial charge >= 0.3 is 5.69 Å². The van der Waals surface area contributed by atoms with Crippen LogP contribution in [0.25, 0.3) is 0 Å². The number of amides is 1. The number of aromatic amines is 2. The smallest absolute Gasteiger partial charge is 0.325 e. The standard InChI is InChI=1S/C17H20FN3O4/c1-11-14(16(23)21-17(24)20-11)7-8-15(22)19-9-2-10-25-13-5-3-12(18)4-6-13/h3-6H,2,7-10H2,1H3,(H,19,22)(H2,20,21,23,24). The highest BCUT2D eigenvalue weighted by molar-refractivity contribution is 5.76. The molecule has 0 aliphatic rings. The molecule has 0 bridgehead atoms. The fraction of sp³-hybridized carbons (Fsp3) is 0.353. The van der Waals surface area contributed by atoms with E-state index in [0.717, 1.165) is 0 Å². The van der Waals surface area contributed by atoms with E-state index in [4.69, 9.17) is 4.74 Å². The Bertz CT molecular complexity index is 827. The van der Waals surface area contributed by atoms with E-state index in [1.165, 1.54) is 24.3 Å². The van der Waals surface area contributed by atoms with Crippen LogP contribution in [0.1, 0.15) is 24.1 Å². The van der Waals surface area contributed by atoms with Crippen molar-refractivity contribution in [3.8, 4) is 5.75 Å². The van der Waals surface area contributed by atoms with E-state index < -0.39 is 11.2 Å². The quantitative estimate of drug-likeness (QED) is 0.619. The van der Waals surface area contributed by atoms with E-state index in [1.807, 2.05) is 0 Å². The summed E-state index contributed by atoms with van der Waals surface area (Å²) in [5, 5.41) is 2.74. The second-order valence-electron chi connectivity index (χ2n) is 5.52. The maximum atomic E-state index is 12.7. The van der Waals surface area contributed by atoms with Crippen molar-refractivity contribution in [2.24, 2.45) is 0 Å². The number of benzene rings is 1. The number of carbonyl (C=O) groups excluding carboxylic acids is 1. The summed E-state index contributed by atoms with van der Waals surface area (Å²) in [7, 11) is 0. The minimum Gasteiger partial charge on any atom is -0.494 e. The maximum absolute atomic E-state index is 12.7. The van der Waals surface area contributed by atoms with Crippen LogP contribution >= 0.6 is 0 Å². The third-order valence-corrected chi connectivity index (χ3v) is 3.58. The predicted molar refractivity (Wildman–Crippen MR) is 90.3 cm³/mol. The molecule has 0 atom stereocenters. The minimum absolute atomic E-state index is 0.148. The molecule has 1 aromatic carbocycles. The van der Waals surface area contributed by atoms with Crippen molar-refractivity contribution in [2.45, 2.75) is 26.2 Å². The Labute approximate surface area is 143 Å². The van der Waals surface area contributed by atoms with Crippen LogP contribution < -0.4 is 21.3 Å². The van der Waals surface area contributed by atoms with Gasteiger partial charge < -0.3 is 15.0 Å². The monoisotopic (exact) mass is 349 g/mol. The highest BCUT2D eigenvalue weighted by Crippen LogP contribution is 2.10. The van der Waals surface area contributed by atoms with Crippen LogP contribution in [-0.2, 0) is 11.2 Å². The molecule has 2 rings (SSSR count). The Morgan fingerprint density at radius 1 is 1.20 bits per heavy atom. The number of aromatic nitrogens is 2. The lowest BCUT2D eigenvalue weighted by atomic mass is 10.1. The molecule has 2 aromatic rings. The lowest BCUT2D eigenvalue weighted by molar-refractivity contribution is -0.121. The topological polar surface area (TPSA) is 104 Å². The van der Waals surface area contributed by atoms with E-state index in [9.17, 15) is 18.8 Å². The molecule has 1 amide bonds. The average Bonchev–Trinajstić information content (AvgIpc) is 2.55. The first-order valence-corrected chi connectivity index (χ1v) is 7.93. The van der Waals surface area contributed by atoms with Crippen molar-refractivity contribution < 1.29 is 13.9 Å². The van der Waals surface area contributed by atoms with E-state index in [2.05, 4.69) is 15.3 Å². The molecule has 0 aliphatic carbocycles. The zero-order valence-corrected chi connectivity index (χ0v) is 13.9. The number of halogens is 1. The van der Waals surface area contributed by atoms with E-state index >= 15 is 0 Å². The number of H-pyrrole nitrogens is 2. The summed E-state index contributed by atoms with van der Waals surface area (Å²) in [6.07, 6.45) is 0.992. The van der Waals surface area contributed by atoms with Crippen LogP contribution in [0.4, 0.5) is 4.39 Å². The highest BCUT2D eigenvalue weighted by Gasteiger charge is 2.08. The van der Waals surface area contributed by atoms with Gasteiger partial charge in [-0.15, -0.1) is 0 Å². The lowest BCUT2D eigenvalue weighted by Crippen LogP contribution is -2.29. The molecule has 0 aliphatic heterocycles. The minimum atomic E-state index is -0.558. The molecule has 0 fully saturated rings. The number of ether oxygens (including phenoxy) is 1. The molecular formula is C17H20FN3O4. The normalized spacial score (nSPS) is 10.5. The van der Waals surface area contributed by atoms with E-state index in [1.54, 1.807) is 6.92 Å². The molecule has 3 N–H and O–H groups in total. The highest BCUT2D eigenvalue weighted by atomic mass is 19.1. The summed E-state index contributed by atoms with van der Waals surface area (Å²) >= 11 is 0. The third-order valence-electron chi connectivity index (χ3n) is 3.58. The van der Waals surface area contributed by atoms with Gasteiger partial charge in [-0.2, -0.15) is 0 Å². The fourth-order valence-electron chi connectivity index (χ4n) is 2.27. The van der Waals surface area contributed by atoms with Crippen molar-refractivity contribution in [1.82, 2.24) is 15.3 Å². The van der Waals surface area contributed by atoms with Gasteiger partial charge in [0, 0.05) is 24.2 Å². The summed E-state index contributed by atoms with van der Waals surface area (Å²) in [6, 6.07) is 5.71. The number of carbonyl (C=O) groups is 1. The Balaban J connectivity index is 1.67. The summed E-state index contributed by atoms with van der Waals surface area (Å²) in [5.74, 6) is 0.0588. The molecule has 0 radical (unpaired) electrons. The molecule has 8 heteroatoms. The molecule has 134 valence electrons. The first-order valence-electron chi connectivity index (χ1n) is 7.93. The fourth-order valence-corrected chi connectivity index (χ4v) is 2.27. The average molecular weight is 349 g/mol. The number of aryl methyl sites for hydroxylation is 1. The Kier molecular flexibility index (Phi) is 6.50. The van der Waals surface area contributed by atoms with Crippen molar-refractivity contribution in [3.05, 3.63) is 62.2 Å². The molecule has 0 unspecified atom stereocenters. The number of hydrogen-bond acceptors (Lipinski definition) is 4. The summed E-state index contributed by atoms with van der Waals surface area (Å²) in [4.78, 5) is 39.2. The predicted octanol–water partition coefficient (Wildman–Crippen LogP) is 1.03. The first-order chi connectivity index (χ1) is 12.0. The Morgan fingerprint density at radius 3 is 2.60 bits per heavy atom. The largest absolute Gasteiger partial charge is 0.494 e.